The number of hydrogen-bond acceptors (Lipinski definition) is 4. The second-order valence-corrected chi connectivity index (χ2v) is 4.70. The van der Waals surface area contributed by atoms with Gasteiger partial charge in [-0.15, -0.1) is 0 Å². The largest absolute Gasteiger partial charge is 0.367 e. The Morgan fingerprint density at radius 2 is 2.12 bits per heavy atom. The number of anilines is 1. The van der Waals surface area contributed by atoms with E-state index in [1.54, 1.807) is 0 Å². The first-order valence-corrected chi connectivity index (χ1v) is 5.83. The molecule has 3 N–H and O–H groups in total. The highest BCUT2D eigenvalue weighted by atomic mass is 15.0. The SMILES string of the molecule is Cc1cc(C)c(C#N)c(NCC(N)C(C)C)n1. The molecule has 1 aromatic rings. The molecule has 0 aliphatic carbocycles. The summed E-state index contributed by atoms with van der Waals surface area (Å²) < 4.78 is 0. The van der Waals surface area contributed by atoms with Gasteiger partial charge in [-0.3, -0.25) is 0 Å². The van der Waals surface area contributed by atoms with Crippen molar-refractivity contribution in [1.82, 2.24) is 4.98 Å². The van der Waals surface area contributed by atoms with E-state index >= 15 is 0 Å². The highest BCUT2D eigenvalue weighted by molar-refractivity contribution is 5.56. The van der Waals surface area contributed by atoms with E-state index in [9.17, 15) is 0 Å². The van der Waals surface area contributed by atoms with E-state index in [1.807, 2.05) is 19.9 Å². The molecule has 0 fully saturated rings. The van der Waals surface area contributed by atoms with Gasteiger partial charge in [0.05, 0.1) is 5.56 Å². The van der Waals surface area contributed by atoms with Gasteiger partial charge in [0.15, 0.2) is 0 Å². The van der Waals surface area contributed by atoms with Gasteiger partial charge in [-0.05, 0) is 31.4 Å². The van der Waals surface area contributed by atoms with Crippen LogP contribution in [0.15, 0.2) is 6.07 Å². The second kappa shape index (κ2) is 5.65. The highest BCUT2D eigenvalue weighted by Gasteiger charge is 2.11. The van der Waals surface area contributed by atoms with Crippen molar-refractivity contribution in [3.8, 4) is 6.07 Å². The topological polar surface area (TPSA) is 74.7 Å². The van der Waals surface area contributed by atoms with Gasteiger partial charge in [0.2, 0.25) is 0 Å². The van der Waals surface area contributed by atoms with Crippen molar-refractivity contribution in [3.63, 3.8) is 0 Å². The number of nitrogens with two attached hydrogens (primary N) is 1. The first-order valence-electron chi connectivity index (χ1n) is 5.83. The standard InChI is InChI=1S/C13H20N4/c1-8(2)12(15)7-16-13-11(6-14)9(3)5-10(4)17-13/h5,8,12H,7,15H2,1-4H3,(H,16,17). The Bertz CT molecular complexity index is 432. The van der Waals surface area contributed by atoms with E-state index in [0.717, 1.165) is 11.3 Å². The van der Waals surface area contributed by atoms with Crippen LogP contribution >= 0.6 is 0 Å². The second-order valence-electron chi connectivity index (χ2n) is 4.70. The van der Waals surface area contributed by atoms with Crippen LogP contribution in [0.25, 0.3) is 0 Å². The van der Waals surface area contributed by atoms with E-state index < -0.39 is 0 Å². The van der Waals surface area contributed by atoms with Crippen molar-refractivity contribution in [2.45, 2.75) is 33.7 Å². The van der Waals surface area contributed by atoms with Crippen molar-refractivity contribution < 1.29 is 0 Å². The molecule has 4 heteroatoms. The maximum atomic E-state index is 9.10. The number of nitriles is 1. The number of aromatic nitrogens is 1. The molecule has 1 unspecified atom stereocenters. The van der Waals surface area contributed by atoms with Crippen LogP contribution in [0.4, 0.5) is 5.82 Å². The fraction of sp³-hybridized carbons (Fsp3) is 0.538. The summed E-state index contributed by atoms with van der Waals surface area (Å²) in [4.78, 5) is 4.35. The molecule has 1 rings (SSSR count). The smallest absolute Gasteiger partial charge is 0.144 e. The van der Waals surface area contributed by atoms with E-state index in [2.05, 4.69) is 30.2 Å². The van der Waals surface area contributed by atoms with Crippen LogP contribution in [-0.2, 0) is 0 Å². The van der Waals surface area contributed by atoms with Crippen molar-refractivity contribution in [2.24, 2.45) is 11.7 Å². The van der Waals surface area contributed by atoms with Crippen LogP contribution in [0.2, 0.25) is 0 Å². The summed E-state index contributed by atoms with van der Waals surface area (Å²) in [6, 6.07) is 4.15. The lowest BCUT2D eigenvalue weighted by molar-refractivity contribution is 0.511. The number of aryl methyl sites for hydroxylation is 2. The molecule has 1 aromatic heterocycles. The molecule has 0 aliphatic heterocycles. The Morgan fingerprint density at radius 1 is 1.47 bits per heavy atom. The molecule has 92 valence electrons. The van der Waals surface area contributed by atoms with Gasteiger partial charge in [-0.1, -0.05) is 13.8 Å². The Balaban J connectivity index is 2.88. The summed E-state index contributed by atoms with van der Waals surface area (Å²) in [7, 11) is 0. The Labute approximate surface area is 103 Å². The number of nitrogens with zero attached hydrogens (tertiary/aromatic N) is 2. The average molecular weight is 232 g/mol. The summed E-state index contributed by atoms with van der Waals surface area (Å²) in [5.41, 5.74) is 8.41. The molecule has 0 radical (unpaired) electrons. The number of nitrogens with one attached hydrogen (secondary N) is 1. The van der Waals surface area contributed by atoms with E-state index in [1.165, 1.54) is 0 Å². The van der Waals surface area contributed by atoms with E-state index in [0.29, 0.717) is 23.8 Å². The molecule has 0 aliphatic rings. The molecule has 0 aromatic carbocycles. The van der Waals surface area contributed by atoms with Crippen molar-refractivity contribution >= 4 is 5.82 Å². The van der Waals surface area contributed by atoms with Gasteiger partial charge in [0.25, 0.3) is 0 Å². The third-order valence-electron chi connectivity index (χ3n) is 2.82. The molecule has 0 amide bonds. The average Bonchev–Trinajstić information content (AvgIpc) is 2.24. The lowest BCUT2D eigenvalue weighted by Gasteiger charge is -2.17. The Hall–Kier alpha value is -1.60. The minimum atomic E-state index is 0.0594. The first-order chi connectivity index (χ1) is 7.95. The molecular weight excluding hydrogens is 212 g/mol. The van der Waals surface area contributed by atoms with Crippen LogP contribution in [0.1, 0.15) is 30.7 Å². The summed E-state index contributed by atoms with van der Waals surface area (Å²) in [5.74, 6) is 1.04. The van der Waals surface area contributed by atoms with Gasteiger partial charge in [0, 0.05) is 18.3 Å². The predicted octanol–water partition coefficient (Wildman–Crippen LogP) is 1.97. The van der Waals surface area contributed by atoms with Crippen molar-refractivity contribution in [2.75, 3.05) is 11.9 Å². The number of pyridine rings is 1. The van der Waals surface area contributed by atoms with Gasteiger partial charge in [0.1, 0.15) is 11.9 Å². The molecular formula is C13H20N4. The third kappa shape index (κ3) is 3.43. The zero-order valence-electron chi connectivity index (χ0n) is 10.9. The summed E-state index contributed by atoms with van der Waals surface area (Å²) >= 11 is 0. The molecule has 17 heavy (non-hydrogen) atoms. The quantitative estimate of drug-likeness (QED) is 0.832. The summed E-state index contributed by atoms with van der Waals surface area (Å²) in [6.07, 6.45) is 0. The minimum Gasteiger partial charge on any atom is -0.367 e. The molecule has 4 nitrogen and oxygen atoms in total. The first kappa shape index (κ1) is 13.5. The van der Waals surface area contributed by atoms with Crippen LogP contribution in [0.3, 0.4) is 0 Å². The lowest BCUT2D eigenvalue weighted by atomic mass is 10.1. The Morgan fingerprint density at radius 3 is 2.65 bits per heavy atom. The predicted molar refractivity (Wildman–Crippen MR) is 69.7 cm³/mol. The number of hydrogen-bond donors (Lipinski definition) is 2. The zero-order valence-corrected chi connectivity index (χ0v) is 10.9. The Kier molecular flexibility index (Phi) is 4.47. The van der Waals surface area contributed by atoms with Crippen molar-refractivity contribution in [3.05, 3.63) is 22.9 Å². The minimum absolute atomic E-state index is 0.0594. The van der Waals surface area contributed by atoms with E-state index in [-0.39, 0.29) is 6.04 Å². The summed E-state index contributed by atoms with van der Waals surface area (Å²) in [6.45, 7) is 8.61. The monoisotopic (exact) mass is 232 g/mol. The van der Waals surface area contributed by atoms with Crippen LogP contribution in [-0.4, -0.2) is 17.6 Å². The molecule has 0 saturated carbocycles. The third-order valence-corrected chi connectivity index (χ3v) is 2.82. The van der Waals surface area contributed by atoms with Gasteiger partial charge in [-0.2, -0.15) is 5.26 Å². The fourth-order valence-corrected chi connectivity index (χ4v) is 1.56. The normalized spacial score (nSPS) is 12.3. The maximum Gasteiger partial charge on any atom is 0.144 e. The molecule has 0 bridgehead atoms. The lowest BCUT2D eigenvalue weighted by Crippen LogP contribution is -2.34. The molecule has 1 heterocycles. The van der Waals surface area contributed by atoms with Crippen molar-refractivity contribution in [1.29, 1.82) is 5.26 Å². The highest BCUT2D eigenvalue weighted by Crippen LogP contribution is 2.17. The molecule has 1 atom stereocenters. The van der Waals surface area contributed by atoms with Crippen LogP contribution in [0, 0.1) is 31.1 Å². The number of rotatable bonds is 4. The van der Waals surface area contributed by atoms with Gasteiger partial charge < -0.3 is 11.1 Å². The summed E-state index contributed by atoms with van der Waals surface area (Å²) in [5, 5.41) is 12.3. The van der Waals surface area contributed by atoms with E-state index in [4.69, 9.17) is 11.0 Å². The zero-order chi connectivity index (χ0) is 13.0. The van der Waals surface area contributed by atoms with Gasteiger partial charge in [-0.25, -0.2) is 4.98 Å². The van der Waals surface area contributed by atoms with Gasteiger partial charge >= 0.3 is 0 Å². The van der Waals surface area contributed by atoms with Crippen LogP contribution in [0.5, 0.6) is 0 Å². The maximum absolute atomic E-state index is 9.10. The molecule has 0 saturated heterocycles. The fourth-order valence-electron chi connectivity index (χ4n) is 1.56. The van der Waals surface area contributed by atoms with Crippen LogP contribution < -0.4 is 11.1 Å². The molecule has 0 spiro atoms.